The van der Waals surface area contributed by atoms with E-state index in [1.54, 1.807) is 0 Å². The van der Waals surface area contributed by atoms with Crippen molar-refractivity contribution in [1.29, 1.82) is 0 Å². The largest absolute Gasteiger partial charge is 0.378 e. The molecule has 3 fully saturated rings. The molecule has 58 valence electrons. The second kappa shape index (κ2) is 2.89. The molecule has 3 saturated heterocycles. The lowest BCUT2D eigenvalue weighted by Gasteiger charge is -2.32. The van der Waals surface area contributed by atoms with Gasteiger partial charge in [-0.15, -0.1) is 0 Å². The van der Waals surface area contributed by atoms with Crippen molar-refractivity contribution in [3.63, 3.8) is 0 Å². The molecule has 0 spiro atoms. The summed E-state index contributed by atoms with van der Waals surface area (Å²) in [6.45, 7) is 3.32. The first-order chi connectivity index (χ1) is 4.95. The molecule has 0 aromatic carbocycles. The van der Waals surface area contributed by atoms with E-state index in [0.717, 1.165) is 19.1 Å². The first kappa shape index (κ1) is 6.62. The molecule has 3 heterocycles. The molecule has 3 rings (SSSR count). The molecular weight excluding hydrogens is 126 g/mol. The third kappa shape index (κ3) is 1.32. The average molecular weight is 141 g/mol. The lowest BCUT2D eigenvalue weighted by atomic mass is 9.95. The molecule has 1 N–H and O–H groups in total. The van der Waals surface area contributed by atoms with E-state index in [0.29, 0.717) is 6.10 Å². The first-order valence-corrected chi connectivity index (χ1v) is 4.27. The summed E-state index contributed by atoms with van der Waals surface area (Å²) in [5.41, 5.74) is 0. The number of rotatable bonds is 0. The molecule has 10 heavy (non-hydrogen) atoms. The summed E-state index contributed by atoms with van der Waals surface area (Å²) >= 11 is 0. The maximum absolute atomic E-state index is 5.64. The Morgan fingerprint density at radius 1 is 1.20 bits per heavy atom. The Kier molecular flexibility index (Phi) is 1.91. The molecule has 0 aliphatic carbocycles. The summed E-state index contributed by atoms with van der Waals surface area (Å²) in [5, 5.41) is 3.44. The van der Waals surface area contributed by atoms with Crippen molar-refractivity contribution in [2.24, 2.45) is 5.92 Å². The van der Waals surface area contributed by atoms with E-state index in [-0.39, 0.29) is 0 Å². The van der Waals surface area contributed by atoms with Crippen LogP contribution in [0.4, 0.5) is 0 Å². The highest BCUT2D eigenvalue weighted by Gasteiger charge is 2.23. The molecule has 0 aromatic heterocycles. The maximum Gasteiger partial charge on any atom is 0.0587 e. The third-order valence-corrected chi connectivity index (χ3v) is 2.54. The van der Waals surface area contributed by atoms with Crippen molar-refractivity contribution in [3.8, 4) is 0 Å². The quantitative estimate of drug-likeness (QED) is 0.538. The van der Waals surface area contributed by atoms with Crippen molar-refractivity contribution >= 4 is 0 Å². The van der Waals surface area contributed by atoms with E-state index >= 15 is 0 Å². The van der Waals surface area contributed by atoms with Gasteiger partial charge in [-0.05, 0) is 31.7 Å². The summed E-state index contributed by atoms with van der Waals surface area (Å²) in [4.78, 5) is 0. The molecule has 2 nitrogen and oxygen atoms in total. The van der Waals surface area contributed by atoms with Crippen LogP contribution in [-0.4, -0.2) is 25.8 Å². The van der Waals surface area contributed by atoms with Crippen LogP contribution in [0.5, 0.6) is 0 Å². The van der Waals surface area contributed by atoms with E-state index in [1.807, 2.05) is 0 Å². The van der Waals surface area contributed by atoms with Gasteiger partial charge in [0.2, 0.25) is 0 Å². The highest BCUT2D eigenvalue weighted by Crippen LogP contribution is 2.21. The average Bonchev–Trinajstić information content (AvgIpc) is 1.89. The normalized spacial score (nSPS) is 40.8. The van der Waals surface area contributed by atoms with Gasteiger partial charge in [-0.3, -0.25) is 0 Å². The molecule has 0 saturated carbocycles. The van der Waals surface area contributed by atoms with Crippen LogP contribution in [0.1, 0.15) is 19.3 Å². The van der Waals surface area contributed by atoms with E-state index in [2.05, 4.69) is 5.32 Å². The molecule has 0 aromatic rings. The SMILES string of the molecule is C1CC2CCC(CN1)CO2. The summed E-state index contributed by atoms with van der Waals surface area (Å²) in [6.07, 6.45) is 4.46. The minimum absolute atomic E-state index is 0.573. The van der Waals surface area contributed by atoms with Gasteiger partial charge >= 0.3 is 0 Å². The van der Waals surface area contributed by atoms with Crippen molar-refractivity contribution in [2.75, 3.05) is 19.7 Å². The zero-order valence-corrected chi connectivity index (χ0v) is 6.31. The molecule has 2 bridgehead atoms. The Labute approximate surface area is 61.9 Å². The number of ether oxygens (including phenoxy) is 1. The number of hydrogen-bond donors (Lipinski definition) is 1. The molecule has 0 radical (unpaired) electrons. The summed E-state index contributed by atoms with van der Waals surface area (Å²) in [6, 6.07) is 0. The monoisotopic (exact) mass is 141 g/mol. The van der Waals surface area contributed by atoms with E-state index in [1.165, 1.54) is 25.8 Å². The van der Waals surface area contributed by atoms with Crippen LogP contribution < -0.4 is 5.32 Å². The lowest BCUT2D eigenvalue weighted by Crippen LogP contribution is -2.38. The zero-order chi connectivity index (χ0) is 6.81. The molecule has 2 heteroatoms. The Morgan fingerprint density at radius 2 is 2.20 bits per heavy atom. The van der Waals surface area contributed by atoms with E-state index in [9.17, 15) is 0 Å². The van der Waals surface area contributed by atoms with Crippen LogP contribution in [0.15, 0.2) is 0 Å². The van der Waals surface area contributed by atoms with Gasteiger partial charge < -0.3 is 10.1 Å². The van der Waals surface area contributed by atoms with Crippen LogP contribution in [0, 0.1) is 5.92 Å². The fourth-order valence-electron chi connectivity index (χ4n) is 1.82. The molecule has 2 unspecified atom stereocenters. The van der Waals surface area contributed by atoms with Crippen LogP contribution >= 0.6 is 0 Å². The fourth-order valence-corrected chi connectivity index (χ4v) is 1.82. The molecular formula is C8H15NO. The van der Waals surface area contributed by atoms with Crippen LogP contribution in [0.2, 0.25) is 0 Å². The Bertz CT molecular complexity index is 88.3. The van der Waals surface area contributed by atoms with Crippen molar-refractivity contribution in [1.82, 2.24) is 5.32 Å². The second-order valence-corrected chi connectivity index (χ2v) is 3.39. The zero-order valence-electron chi connectivity index (χ0n) is 6.31. The Balaban J connectivity index is 1.94. The Hall–Kier alpha value is -0.0800. The number of fused-ring (bicyclic) bond motifs is 5. The van der Waals surface area contributed by atoms with Crippen LogP contribution in [0.3, 0.4) is 0 Å². The highest BCUT2D eigenvalue weighted by molar-refractivity contribution is 4.75. The van der Waals surface area contributed by atoms with Gasteiger partial charge in [-0.2, -0.15) is 0 Å². The summed E-state index contributed by atoms with van der Waals surface area (Å²) in [7, 11) is 0. The third-order valence-electron chi connectivity index (χ3n) is 2.54. The molecule has 3 aliphatic rings. The smallest absolute Gasteiger partial charge is 0.0587 e. The first-order valence-electron chi connectivity index (χ1n) is 4.27. The lowest BCUT2D eigenvalue weighted by molar-refractivity contribution is -0.0280. The second-order valence-electron chi connectivity index (χ2n) is 3.39. The maximum atomic E-state index is 5.64. The molecule has 2 atom stereocenters. The highest BCUT2D eigenvalue weighted by atomic mass is 16.5. The van der Waals surface area contributed by atoms with Crippen molar-refractivity contribution < 1.29 is 4.74 Å². The van der Waals surface area contributed by atoms with Crippen molar-refractivity contribution in [2.45, 2.75) is 25.4 Å². The number of nitrogens with one attached hydrogen (secondary N) is 1. The van der Waals surface area contributed by atoms with Crippen LogP contribution in [0.25, 0.3) is 0 Å². The van der Waals surface area contributed by atoms with Crippen LogP contribution in [-0.2, 0) is 4.74 Å². The number of hydrogen-bond acceptors (Lipinski definition) is 2. The van der Waals surface area contributed by atoms with Gasteiger partial charge in [0.25, 0.3) is 0 Å². The minimum atomic E-state index is 0.573. The minimum Gasteiger partial charge on any atom is -0.378 e. The predicted molar refractivity (Wildman–Crippen MR) is 40.0 cm³/mol. The standard InChI is InChI=1S/C8H15NO/c1-2-8-3-4-9-5-7(1)6-10-8/h7-9H,1-6H2. The van der Waals surface area contributed by atoms with Gasteiger partial charge in [0.15, 0.2) is 0 Å². The van der Waals surface area contributed by atoms with E-state index < -0.39 is 0 Å². The molecule has 0 amide bonds. The summed E-state index contributed by atoms with van der Waals surface area (Å²) in [5.74, 6) is 0.802. The molecule has 3 aliphatic heterocycles. The van der Waals surface area contributed by atoms with Gasteiger partial charge in [0.05, 0.1) is 12.7 Å². The van der Waals surface area contributed by atoms with Gasteiger partial charge in [0.1, 0.15) is 0 Å². The Morgan fingerprint density at radius 3 is 3.00 bits per heavy atom. The predicted octanol–water partition coefficient (Wildman–Crippen LogP) is 0.775. The van der Waals surface area contributed by atoms with E-state index in [4.69, 9.17) is 4.74 Å². The van der Waals surface area contributed by atoms with Gasteiger partial charge in [0, 0.05) is 6.54 Å². The van der Waals surface area contributed by atoms with Gasteiger partial charge in [-0.25, -0.2) is 0 Å². The summed E-state index contributed by atoms with van der Waals surface area (Å²) < 4.78 is 5.64. The van der Waals surface area contributed by atoms with Crippen molar-refractivity contribution in [3.05, 3.63) is 0 Å². The fraction of sp³-hybridized carbons (Fsp3) is 1.00. The van der Waals surface area contributed by atoms with Gasteiger partial charge in [-0.1, -0.05) is 0 Å². The topological polar surface area (TPSA) is 21.3 Å².